The highest BCUT2D eigenvalue weighted by Gasteiger charge is 2.32. The Morgan fingerprint density at radius 1 is 1.50 bits per heavy atom. The van der Waals surface area contributed by atoms with E-state index in [2.05, 4.69) is 0 Å². The molecule has 1 aromatic carbocycles. The van der Waals surface area contributed by atoms with Gasteiger partial charge in [-0.2, -0.15) is 0 Å². The molecule has 1 fully saturated rings. The molecule has 1 saturated heterocycles. The van der Waals surface area contributed by atoms with Gasteiger partial charge in [-0.05, 0) is 31.9 Å². The van der Waals surface area contributed by atoms with Crippen molar-refractivity contribution in [1.82, 2.24) is 4.90 Å². The van der Waals surface area contributed by atoms with Crippen LogP contribution in [0.5, 0.6) is 0 Å². The number of aryl methyl sites for hydroxylation is 1. The SMILES string of the molecule is Cc1cccc(/C=C/C(=O)N2CCC(C)(O)C2)c1. The molecule has 0 bridgehead atoms. The molecule has 96 valence electrons. The average molecular weight is 245 g/mol. The fourth-order valence-corrected chi connectivity index (χ4v) is 2.18. The average Bonchev–Trinajstić information content (AvgIpc) is 2.67. The third-order valence-electron chi connectivity index (χ3n) is 3.22. The van der Waals surface area contributed by atoms with Crippen LogP contribution < -0.4 is 0 Å². The minimum absolute atomic E-state index is 0.0331. The zero-order valence-corrected chi connectivity index (χ0v) is 10.9. The van der Waals surface area contributed by atoms with Crippen LogP contribution in [0.25, 0.3) is 6.08 Å². The van der Waals surface area contributed by atoms with Gasteiger partial charge in [-0.15, -0.1) is 0 Å². The van der Waals surface area contributed by atoms with E-state index < -0.39 is 5.60 Å². The van der Waals surface area contributed by atoms with Gasteiger partial charge in [0.25, 0.3) is 0 Å². The Bertz CT molecular complexity index is 477. The van der Waals surface area contributed by atoms with Crippen LogP contribution in [-0.4, -0.2) is 34.6 Å². The molecule has 0 saturated carbocycles. The molecule has 3 heteroatoms. The molecule has 3 nitrogen and oxygen atoms in total. The van der Waals surface area contributed by atoms with E-state index in [1.807, 2.05) is 37.3 Å². The van der Waals surface area contributed by atoms with Crippen LogP contribution in [0.2, 0.25) is 0 Å². The molecule has 1 N–H and O–H groups in total. The predicted molar refractivity (Wildman–Crippen MR) is 72.0 cm³/mol. The normalized spacial score (nSPS) is 23.8. The smallest absolute Gasteiger partial charge is 0.246 e. The first-order valence-electron chi connectivity index (χ1n) is 6.22. The zero-order valence-electron chi connectivity index (χ0n) is 10.9. The monoisotopic (exact) mass is 245 g/mol. The number of carbonyl (C=O) groups is 1. The van der Waals surface area contributed by atoms with Crippen molar-refractivity contribution < 1.29 is 9.90 Å². The number of aliphatic hydroxyl groups is 1. The second-order valence-corrected chi connectivity index (χ2v) is 5.25. The summed E-state index contributed by atoms with van der Waals surface area (Å²) in [5, 5.41) is 9.82. The summed E-state index contributed by atoms with van der Waals surface area (Å²) in [7, 11) is 0. The number of nitrogens with zero attached hydrogens (tertiary/aromatic N) is 1. The standard InChI is InChI=1S/C15H19NO2/c1-12-4-3-5-13(10-12)6-7-14(17)16-9-8-15(2,18)11-16/h3-7,10,18H,8-9,11H2,1-2H3/b7-6+. The molecule has 2 rings (SSSR count). The van der Waals surface area contributed by atoms with Crippen molar-refractivity contribution in [3.8, 4) is 0 Å². The molecule has 1 unspecified atom stereocenters. The molecule has 0 aromatic heterocycles. The van der Waals surface area contributed by atoms with Crippen LogP contribution in [0.3, 0.4) is 0 Å². The Morgan fingerprint density at radius 2 is 2.28 bits per heavy atom. The summed E-state index contributed by atoms with van der Waals surface area (Å²) in [6.07, 6.45) is 4.05. The van der Waals surface area contributed by atoms with E-state index in [-0.39, 0.29) is 5.91 Å². The lowest BCUT2D eigenvalue weighted by Crippen LogP contribution is -2.32. The minimum atomic E-state index is -0.729. The van der Waals surface area contributed by atoms with Gasteiger partial charge >= 0.3 is 0 Å². The third kappa shape index (κ3) is 3.20. The van der Waals surface area contributed by atoms with E-state index in [4.69, 9.17) is 0 Å². The second-order valence-electron chi connectivity index (χ2n) is 5.25. The van der Waals surface area contributed by atoms with Crippen molar-refractivity contribution in [1.29, 1.82) is 0 Å². The summed E-state index contributed by atoms with van der Waals surface area (Å²) in [5.41, 5.74) is 1.47. The number of rotatable bonds is 2. The Balaban J connectivity index is 2.00. The van der Waals surface area contributed by atoms with E-state index in [1.54, 1.807) is 17.9 Å². The summed E-state index contributed by atoms with van der Waals surface area (Å²) in [5.74, 6) is -0.0331. The minimum Gasteiger partial charge on any atom is -0.388 e. The topological polar surface area (TPSA) is 40.5 Å². The van der Waals surface area contributed by atoms with Crippen molar-refractivity contribution >= 4 is 12.0 Å². The lowest BCUT2D eigenvalue weighted by Gasteiger charge is -2.17. The Morgan fingerprint density at radius 3 is 2.89 bits per heavy atom. The maximum absolute atomic E-state index is 11.9. The maximum atomic E-state index is 11.9. The summed E-state index contributed by atoms with van der Waals surface area (Å²) >= 11 is 0. The summed E-state index contributed by atoms with van der Waals surface area (Å²) in [6, 6.07) is 8.00. The van der Waals surface area contributed by atoms with Crippen molar-refractivity contribution in [2.24, 2.45) is 0 Å². The third-order valence-corrected chi connectivity index (χ3v) is 3.22. The maximum Gasteiger partial charge on any atom is 0.246 e. The molecule has 1 heterocycles. The highest BCUT2D eigenvalue weighted by atomic mass is 16.3. The number of benzene rings is 1. The Hall–Kier alpha value is -1.61. The molecule has 1 amide bonds. The van der Waals surface area contributed by atoms with Gasteiger partial charge in [0.2, 0.25) is 5.91 Å². The Labute approximate surface area is 108 Å². The summed E-state index contributed by atoms with van der Waals surface area (Å²) < 4.78 is 0. The molecule has 1 aliphatic rings. The van der Waals surface area contributed by atoms with E-state index in [9.17, 15) is 9.90 Å². The summed E-state index contributed by atoms with van der Waals surface area (Å²) in [4.78, 5) is 13.6. The van der Waals surface area contributed by atoms with Gasteiger partial charge in [0, 0.05) is 19.2 Å². The quantitative estimate of drug-likeness (QED) is 0.809. The number of carbonyl (C=O) groups excluding carboxylic acids is 1. The molecule has 0 radical (unpaired) electrons. The molecular weight excluding hydrogens is 226 g/mol. The molecule has 1 atom stereocenters. The van der Waals surface area contributed by atoms with Gasteiger partial charge < -0.3 is 10.0 Å². The van der Waals surface area contributed by atoms with Crippen LogP contribution in [0, 0.1) is 6.92 Å². The highest BCUT2D eigenvalue weighted by molar-refractivity contribution is 5.92. The lowest BCUT2D eigenvalue weighted by atomic mass is 10.1. The predicted octanol–water partition coefficient (Wildman–Crippen LogP) is 1.99. The first-order valence-corrected chi connectivity index (χ1v) is 6.22. The van der Waals surface area contributed by atoms with E-state index >= 15 is 0 Å². The number of hydrogen-bond acceptors (Lipinski definition) is 2. The summed E-state index contributed by atoms with van der Waals surface area (Å²) in [6.45, 7) is 4.84. The molecule has 18 heavy (non-hydrogen) atoms. The van der Waals surface area contributed by atoms with Crippen LogP contribution in [0.15, 0.2) is 30.3 Å². The van der Waals surface area contributed by atoms with Gasteiger partial charge in [0.05, 0.1) is 5.60 Å². The van der Waals surface area contributed by atoms with Crippen molar-refractivity contribution in [3.63, 3.8) is 0 Å². The second kappa shape index (κ2) is 4.94. The number of likely N-dealkylation sites (tertiary alicyclic amines) is 1. The van der Waals surface area contributed by atoms with Crippen molar-refractivity contribution in [2.75, 3.05) is 13.1 Å². The number of hydrogen-bond donors (Lipinski definition) is 1. The van der Waals surface area contributed by atoms with Gasteiger partial charge in [-0.25, -0.2) is 0 Å². The van der Waals surface area contributed by atoms with Crippen molar-refractivity contribution in [2.45, 2.75) is 25.9 Å². The zero-order chi connectivity index (χ0) is 13.2. The lowest BCUT2D eigenvalue weighted by molar-refractivity contribution is -0.125. The van der Waals surface area contributed by atoms with Crippen LogP contribution in [0.1, 0.15) is 24.5 Å². The van der Waals surface area contributed by atoms with Gasteiger partial charge in [-0.3, -0.25) is 4.79 Å². The fraction of sp³-hybridized carbons (Fsp3) is 0.400. The van der Waals surface area contributed by atoms with Gasteiger partial charge in [0.15, 0.2) is 0 Å². The molecule has 1 aromatic rings. The van der Waals surface area contributed by atoms with Gasteiger partial charge in [0.1, 0.15) is 0 Å². The number of β-amino-alcohol motifs (C(OH)–C–C–N with tert-alkyl or cyclic N) is 1. The van der Waals surface area contributed by atoms with E-state index in [0.717, 1.165) is 5.56 Å². The van der Waals surface area contributed by atoms with Crippen molar-refractivity contribution in [3.05, 3.63) is 41.5 Å². The fourth-order valence-electron chi connectivity index (χ4n) is 2.18. The van der Waals surface area contributed by atoms with Crippen LogP contribution in [-0.2, 0) is 4.79 Å². The van der Waals surface area contributed by atoms with Crippen LogP contribution >= 0.6 is 0 Å². The first-order chi connectivity index (χ1) is 8.46. The van der Waals surface area contributed by atoms with Gasteiger partial charge in [-0.1, -0.05) is 29.8 Å². The molecule has 1 aliphatic heterocycles. The molecule has 0 aliphatic carbocycles. The largest absolute Gasteiger partial charge is 0.388 e. The number of amides is 1. The Kier molecular flexibility index (Phi) is 3.53. The highest BCUT2D eigenvalue weighted by Crippen LogP contribution is 2.20. The molecule has 0 spiro atoms. The van der Waals surface area contributed by atoms with E-state index in [1.165, 1.54) is 5.56 Å². The van der Waals surface area contributed by atoms with E-state index in [0.29, 0.717) is 19.5 Å². The van der Waals surface area contributed by atoms with Crippen LogP contribution in [0.4, 0.5) is 0 Å². The molecular formula is C15H19NO2. The first kappa shape index (κ1) is 12.8.